The Labute approximate surface area is 215 Å². The summed E-state index contributed by atoms with van der Waals surface area (Å²) in [5, 5.41) is 32.2. The number of aryl methyl sites for hydroxylation is 1. The van der Waals surface area contributed by atoms with Crippen molar-refractivity contribution < 1.29 is 29.6 Å². The lowest BCUT2D eigenvalue weighted by Gasteiger charge is -2.26. The minimum atomic E-state index is -1.14. The van der Waals surface area contributed by atoms with E-state index in [1.807, 2.05) is 6.92 Å². The van der Waals surface area contributed by atoms with Gasteiger partial charge in [0.2, 0.25) is 0 Å². The number of amides is 1. The number of nitrogens with zero attached hydrogens (tertiary/aromatic N) is 1. The Hall–Kier alpha value is -3.49. The summed E-state index contributed by atoms with van der Waals surface area (Å²) in [6.45, 7) is 3.85. The molecular formula is C26H21BrClNO6. The molecule has 0 bridgehead atoms. The molecule has 9 heteroatoms. The van der Waals surface area contributed by atoms with Gasteiger partial charge in [-0.15, -0.1) is 0 Å². The molecule has 1 heterocycles. The number of phenolic OH excluding ortho intramolecular Hbond substituents is 2. The fourth-order valence-corrected chi connectivity index (χ4v) is 4.42. The van der Waals surface area contributed by atoms with E-state index >= 15 is 0 Å². The molecule has 1 aliphatic heterocycles. The Morgan fingerprint density at radius 2 is 1.77 bits per heavy atom. The SMILES string of the molecule is CCOc1cc(C2/C(=C(\O)c3ccc(Br)c(C)c3)C(=O)C(=O)N2c2cc(Cl)ccc2O)ccc1O. The van der Waals surface area contributed by atoms with E-state index < -0.39 is 17.7 Å². The quantitative estimate of drug-likeness (QED) is 0.206. The highest BCUT2D eigenvalue weighted by Crippen LogP contribution is 2.46. The van der Waals surface area contributed by atoms with Crippen molar-refractivity contribution in [3.8, 4) is 17.2 Å². The van der Waals surface area contributed by atoms with E-state index in [9.17, 15) is 24.9 Å². The first-order valence-corrected chi connectivity index (χ1v) is 11.8. The zero-order valence-electron chi connectivity index (χ0n) is 18.8. The Bertz CT molecular complexity index is 1390. The molecule has 0 aromatic heterocycles. The van der Waals surface area contributed by atoms with Crippen molar-refractivity contribution in [2.24, 2.45) is 0 Å². The summed E-state index contributed by atoms with van der Waals surface area (Å²) in [5.41, 5.74) is 1.36. The number of aliphatic hydroxyl groups excluding tert-OH is 1. The number of anilines is 1. The van der Waals surface area contributed by atoms with Crippen molar-refractivity contribution >= 4 is 50.7 Å². The van der Waals surface area contributed by atoms with Crippen LogP contribution >= 0.6 is 27.5 Å². The summed E-state index contributed by atoms with van der Waals surface area (Å²) >= 11 is 9.55. The summed E-state index contributed by atoms with van der Waals surface area (Å²) in [6.07, 6.45) is 0. The molecule has 0 aliphatic carbocycles. The van der Waals surface area contributed by atoms with Crippen LogP contribution in [-0.2, 0) is 9.59 Å². The van der Waals surface area contributed by atoms with Crippen molar-refractivity contribution in [3.63, 3.8) is 0 Å². The molecule has 180 valence electrons. The molecular weight excluding hydrogens is 538 g/mol. The Morgan fingerprint density at radius 3 is 2.46 bits per heavy atom. The summed E-state index contributed by atoms with van der Waals surface area (Å²) in [6, 6.07) is 12.4. The van der Waals surface area contributed by atoms with E-state index in [4.69, 9.17) is 16.3 Å². The second-order valence-corrected chi connectivity index (χ2v) is 9.22. The molecule has 35 heavy (non-hydrogen) atoms. The van der Waals surface area contributed by atoms with Gasteiger partial charge in [0.1, 0.15) is 11.5 Å². The van der Waals surface area contributed by atoms with E-state index in [1.54, 1.807) is 25.1 Å². The van der Waals surface area contributed by atoms with Crippen molar-refractivity contribution in [2.75, 3.05) is 11.5 Å². The van der Waals surface area contributed by atoms with Gasteiger partial charge in [0.25, 0.3) is 11.7 Å². The van der Waals surface area contributed by atoms with E-state index in [2.05, 4.69) is 15.9 Å². The highest BCUT2D eigenvalue weighted by molar-refractivity contribution is 9.10. The van der Waals surface area contributed by atoms with Gasteiger partial charge in [-0.3, -0.25) is 14.5 Å². The van der Waals surface area contributed by atoms with Crippen LogP contribution in [0, 0.1) is 6.92 Å². The van der Waals surface area contributed by atoms with E-state index in [0.717, 1.165) is 14.9 Å². The topological polar surface area (TPSA) is 107 Å². The van der Waals surface area contributed by atoms with Crippen molar-refractivity contribution in [2.45, 2.75) is 19.9 Å². The minimum absolute atomic E-state index is 0.00155. The maximum absolute atomic E-state index is 13.3. The number of carbonyl (C=O) groups excluding carboxylic acids is 2. The van der Waals surface area contributed by atoms with E-state index in [0.29, 0.717) is 11.1 Å². The number of rotatable bonds is 5. The van der Waals surface area contributed by atoms with Gasteiger partial charge in [0.15, 0.2) is 11.5 Å². The average Bonchev–Trinajstić information content (AvgIpc) is 3.09. The summed E-state index contributed by atoms with van der Waals surface area (Å²) < 4.78 is 6.31. The molecule has 1 unspecified atom stereocenters. The normalized spacial score (nSPS) is 17.1. The first kappa shape index (κ1) is 24.6. The third-order valence-corrected chi connectivity index (χ3v) is 6.80. The molecule has 3 N–H and O–H groups in total. The van der Waals surface area contributed by atoms with Gasteiger partial charge >= 0.3 is 0 Å². The molecule has 4 rings (SSSR count). The highest BCUT2D eigenvalue weighted by Gasteiger charge is 2.48. The number of aromatic hydroxyl groups is 2. The van der Waals surface area contributed by atoms with Crippen LogP contribution < -0.4 is 9.64 Å². The van der Waals surface area contributed by atoms with Crippen molar-refractivity contribution in [1.82, 2.24) is 0 Å². The number of ether oxygens (including phenoxy) is 1. The highest BCUT2D eigenvalue weighted by atomic mass is 79.9. The third-order valence-electron chi connectivity index (χ3n) is 5.67. The predicted molar refractivity (Wildman–Crippen MR) is 136 cm³/mol. The van der Waals surface area contributed by atoms with Crippen LogP contribution in [0.5, 0.6) is 17.2 Å². The van der Waals surface area contributed by atoms with Crippen LogP contribution in [0.1, 0.15) is 29.7 Å². The molecule has 7 nitrogen and oxygen atoms in total. The smallest absolute Gasteiger partial charge is 0.300 e. The number of halogens is 2. The second-order valence-electron chi connectivity index (χ2n) is 7.93. The first-order chi connectivity index (χ1) is 16.6. The summed E-state index contributed by atoms with van der Waals surface area (Å²) in [7, 11) is 0. The standard InChI is InChI=1S/C26H21BrClNO6/c1-3-35-21-11-14(5-8-20(21)31)23-22(24(32)15-4-7-17(27)13(2)10-15)25(33)26(34)29(23)18-12-16(28)6-9-19(18)30/h4-12,23,30-32H,3H2,1-2H3/b24-22+. The van der Waals surface area contributed by atoms with Gasteiger partial charge in [0, 0.05) is 15.1 Å². The maximum Gasteiger partial charge on any atom is 0.300 e. The zero-order chi connectivity index (χ0) is 25.4. The van der Waals surface area contributed by atoms with Gasteiger partial charge in [-0.2, -0.15) is 0 Å². The predicted octanol–water partition coefficient (Wildman–Crippen LogP) is 5.85. The number of Topliss-reactive ketones (excluding diaryl/α,β-unsaturated/α-hetero) is 1. The number of phenols is 2. The lowest BCUT2D eigenvalue weighted by molar-refractivity contribution is -0.132. The fraction of sp³-hybridized carbons (Fsp3) is 0.154. The van der Waals surface area contributed by atoms with Gasteiger partial charge in [-0.05, 0) is 67.4 Å². The van der Waals surface area contributed by atoms with Gasteiger partial charge in [0.05, 0.1) is 23.9 Å². The maximum atomic E-state index is 13.3. The lowest BCUT2D eigenvalue weighted by atomic mass is 9.94. The van der Waals surface area contributed by atoms with Crippen molar-refractivity contribution in [1.29, 1.82) is 0 Å². The number of carbonyl (C=O) groups is 2. The third kappa shape index (κ3) is 4.47. The van der Waals surface area contributed by atoms with E-state index in [1.165, 1.54) is 36.4 Å². The van der Waals surface area contributed by atoms with Crippen LogP contribution in [-0.4, -0.2) is 33.6 Å². The number of hydrogen-bond donors (Lipinski definition) is 3. The Balaban J connectivity index is 2.00. The second kappa shape index (κ2) is 9.64. The number of hydrogen-bond acceptors (Lipinski definition) is 6. The molecule has 1 saturated heterocycles. The van der Waals surface area contributed by atoms with E-state index in [-0.39, 0.29) is 45.9 Å². The van der Waals surface area contributed by atoms with Crippen LogP contribution in [0.2, 0.25) is 5.02 Å². The molecule has 1 aliphatic rings. The van der Waals surface area contributed by atoms with Crippen LogP contribution in [0.25, 0.3) is 5.76 Å². The number of aliphatic hydroxyl groups is 1. The van der Waals surface area contributed by atoms with Gasteiger partial charge < -0.3 is 20.1 Å². The molecule has 0 radical (unpaired) electrons. The molecule has 1 fully saturated rings. The zero-order valence-corrected chi connectivity index (χ0v) is 21.1. The first-order valence-electron chi connectivity index (χ1n) is 10.7. The number of ketones is 1. The minimum Gasteiger partial charge on any atom is -0.507 e. The average molecular weight is 559 g/mol. The van der Waals surface area contributed by atoms with Gasteiger partial charge in [-0.1, -0.05) is 39.7 Å². The number of benzene rings is 3. The Kier molecular flexibility index (Phi) is 6.78. The molecule has 0 spiro atoms. The lowest BCUT2D eigenvalue weighted by Crippen LogP contribution is -2.29. The van der Waals surface area contributed by atoms with Crippen LogP contribution in [0.4, 0.5) is 5.69 Å². The monoisotopic (exact) mass is 557 g/mol. The molecule has 3 aromatic carbocycles. The Morgan fingerprint density at radius 1 is 1.06 bits per heavy atom. The summed E-state index contributed by atoms with van der Waals surface area (Å²) in [5.74, 6) is -2.51. The van der Waals surface area contributed by atoms with Crippen LogP contribution in [0.3, 0.4) is 0 Å². The molecule has 0 saturated carbocycles. The summed E-state index contributed by atoms with van der Waals surface area (Å²) in [4.78, 5) is 27.7. The molecule has 1 amide bonds. The van der Waals surface area contributed by atoms with Crippen molar-refractivity contribution in [3.05, 3.63) is 86.4 Å². The van der Waals surface area contributed by atoms with Crippen LogP contribution in [0.15, 0.2) is 64.6 Å². The van der Waals surface area contributed by atoms with Gasteiger partial charge in [-0.25, -0.2) is 0 Å². The largest absolute Gasteiger partial charge is 0.507 e. The molecule has 3 aromatic rings. The molecule has 1 atom stereocenters. The fourth-order valence-electron chi connectivity index (χ4n) is 4.01.